The van der Waals surface area contributed by atoms with Crippen LogP contribution in [-0.4, -0.2) is 74.8 Å². The van der Waals surface area contributed by atoms with Gasteiger partial charge in [0.05, 0.1) is 25.9 Å². The predicted octanol–water partition coefficient (Wildman–Crippen LogP) is 1.25. The van der Waals surface area contributed by atoms with Crippen molar-refractivity contribution in [1.82, 2.24) is 10.2 Å². The van der Waals surface area contributed by atoms with Crippen molar-refractivity contribution in [2.45, 2.75) is 51.7 Å². The number of morpholine rings is 1. The van der Waals surface area contributed by atoms with Crippen LogP contribution in [0.5, 0.6) is 0 Å². The quantitative estimate of drug-likeness (QED) is 0.532. The molecule has 0 saturated carbocycles. The van der Waals surface area contributed by atoms with Crippen molar-refractivity contribution in [3.8, 4) is 0 Å². The van der Waals surface area contributed by atoms with E-state index in [4.69, 9.17) is 9.47 Å². The second-order valence-corrected chi connectivity index (χ2v) is 6.01. The molecule has 5 heteroatoms. The number of aliphatic hydroxyl groups is 1. The summed E-state index contributed by atoms with van der Waals surface area (Å²) in [5, 5.41) is 13.3. The molecule has 0 aliphatic carbocycles. The molecule has 1 heterocycles. The highest BCUT2D eigenvalue weighted by molar-refractivity contribution is 4.71. The molecule has 1 rings (SSSR count). The summed E-state index contributed by atoms with van der Waals surface area (Å²) in [6, 6.07) is 0.377. The Morgan fingerprint density at radius 2 is 2.00 bits per heavy atom. The summed E-state index contributed by atoms with van der Waals surface area (Å²) >= 11 is 0. The van der Waals surface area contributed by atoms with E-state index in [0.717, 1.165) is 45.9 Å². The highest BCUT2D eigenvalue weighted by atomic mass is 16.5. The minimum absolute atomic E-state index is 0.377. The fourth-order valence-electron chi connectivity index (χ4n) is 2.48. The topological polar surface area (TPSA) is 54.0 Å². The summed E-state index contributed by atoms with van der Waals surface area (Å²) in [5.74, 6) is 0. The number of rotatable bonds is 12. The van der Waals surface area contributed by atoms with Gasteiger partial charge in [-0.3, -0.25) is 4.90 Å². The van der Waals surface area contributed by atoms with E-state index in [1.165, 1.54) is 19.3 Å². The van der Waals surface area contributed by atoms with Gasteiger partial charge in [0.25, 0.3) is 0 Å². The van der Waals surface area contributed by atoms with Crippen molar-refractivity contribution in [3.63, 3.8) is 0 Å². The fraction of sp³-hybridized carbons (Fsp3) is 1.00. The molecule has 1 fully saturated rings. The molecule has 21 heavy (non-hydrogen) atoms. The van der Waals surface area contributed by atoms with E-state index in [9.17, 15) is 5.11 Å². The van der Waals surface area contributed by atoms with Crippen LogP contribution in [0.1, 0.15) is 39.5 Å². The molecule has 2 atom stereocenters. The standard InChI is InChI=1S/C16H34N2O3/c1-3-4-5-6-9-21-14-16(19)12-17-15(2)13-18-7-10-20-11-8-18/h15-17,19H,3-14H2,1-2H3. The second kappa shape index (κ2) is 12.4. The fourth-order valence-corrected chi connectivity index (χ4v) is 2.48. The number of nitrogens with one attached hydrogen (secondary N) is 1. The van der Waals surface area contributed by atoms with Crippen LogP contribution < -0.4 is 5.32 Å². The van der Waals surface area contributed by atoms with E-state index < -0.39 is 6.10 Å². The van der Waals surface area contributed by atoms with Crippen LogP contribution in [0.15, 0.2) is 0 Å². The molecule has 0 spiro atoms. The first-order valence-corrected chi connectivity index (χ1v) is 8.51. The zero-order valence-corrected chi connectivity index (χ0v) is 13.9. The smallest absolute Gasteiger partial charge is 0.0897 e. The van der Waals surface area contributed by atoms with E-state index in [1.54, 1.807) is 0 Å². The first-order chi connectivity index (χ1) is 10.2. The maximum absolute atomic E-state index is 9.89. The molecule has 5 nitrogen and oxygen atoms in total. The summed E-state index contributed by atoms with van der Waals surface area (Å²) in [7, 11) is 0. The van der Waals surface area contributed by atoms with E-state index in [2.05, 4.69) is 24.1 Å². The minimum atomic E-state index is -0.414. The summed E-state index contributed by atoms with van der Waals surface area (Å²) in [6.45, 7) is 10.9. The van der Waals surface area contributed by atoms with Gasteiger partial charge in [-0.25, -0.2) is 0 Å². The summed E-state index contributed by atoms with van der Waals surface area (Å²) in [5.41, 5.74) is 0. The van der Waals surface area contributed by atoms with Gasteiger partial charge in [0, 0.05) is 38.8 Å². The second-order valence-electron chi connectivity index (χ2n) is 6.01. The first kappa shape index (κ1) is 18.8. The van der Waals surface area contributed by atoms with Crippen molar-refractivity contribution in [1.29, 1.82) is 0 Å². The van der Waals surface area contributed by atoms with Crippen molar-refractivity contribution in [3.05, 3.63) is 0 Å². The Morgan fingerprint density at radius 3 is 2.71 bits per heavy atom. The van der Waals surface area contributed by atoms with Gasteiger partial charge in [-0.05, 0) is 13.3 Å². The van der Waals surface area contributed by atoms with Crippen molar-refractivity contribution < 1.29 is 14.6 Å². The highest BCUT2D eigenvalue weighted by Gasteiger charge is 2.14. The number of ether oxygens (including phenoxy) is 2. The molecule has 0 aromatic carbocycles. The zero-order valence-electron chi connectivity index (χ0n) is 13.9. The van der Waals surface area contributed by atoms with Crippen LogP contribution in [0.2, 0.25) is 0 Å². The lowest BCUT2D eigenvalue weighted by molar-refractivity contribution is 0.0260. The van der Waals surface area contributed by atoms with E-state index in [-0.39, 0.29) is 0 Å². The third-order valence-electron chi connectivity index (χ3n) is 3.79. The van der Waals surface area contributed by atoms with Gasteiger partial charge in [0.2, 0.25) is 0 Å². The molecule has 2 unspecified atom stereocenters. The number of unbranched alkanes of at least 4 members (excludes halogenated alkanes) is 3. The number of aliphatic hydroxyl groups excluding tert-OH is 1. The molecular weight excluding hydrogens is 268 g/mol. The lowest BCUT2D eigenvalue weighted by Crippen LogP contribution is -2.46. The van der Waals surface area contributed by atoms with E-state index in [1.807, 2.05) is 0 Å². The molecule has 0 aromatic rings. The third kappa shape index (κ3) is 10.2. The van der Waals surface area contributed by atoms with E-state index >= 15 is 0 Å². The minimum Gasteiger partial charge on any atom is -0.389 e. The Balaban J connectivity index is 1.94. The first-order valence-electron chi connectivity index (χ1n) is 8.51. The van der Waals surface area contributed by atoms with Crippen LogP contribution in [-0.2, 0) is 9.47 Å². The lowest BCUT2D eigenvalue weighted by Gasteiger charge is -2.29. The van der Waals surface area contributed by atoms with Gasteiger partial charge in [-0.15, -0.1) is 0 Å². The molecule has 1 saturated heterocycles. The molecule has 0 amide bonds. The van der Waals surface area contributed by atoms with Gasteiger partial charge in [-0.2, -0.15) is 0 Å². The Kier molecular flexibility index (Phi) is 11.1. The molecule has 126 valence electrons. The summed E-state index contributed by atoms with van der Waals surface area (Å²) < 4.78 is 10.8. The average molecular weight is 302 g/mol. The number of hydrogen-bond donors (Lipinski definition) is 2. The Bertz CT molecular complexity index is 236. The highest BCUT2D eigenvalue weighted by Crippen LogP contribution is 2.00. The number of hydrogen-bond acceptors (Lipinski definition) is 5. The molecule has 1 aliphatic rings. The van der Waals surface area contributed by atoms with Crippen LogP contribution in [0.25, 0.3) is 0 Å². The van der Waals surface area contributed by atoms with Crippen molar-refractivity contribution in [2.24, 2.45) is 0 Å². The Morgan fingerprint density at radius 1 is 1.24 bits per heavy atom. The third-order valence-corrected chi connectivity index (χ3v) is 3.79. The van der Waals surface area contributed by atoms with Gasteiger partial charge in [-0.1, -0.05) is 26.2 Å². The lowest BCUT2D eigenvalue weighted by atomic mass is 10.2. The summed E-state index contributed by atoms with van der Waals surface area (Å²) in [6.07, 6.45) is 4.42. The van der Waals surface area contributed by atoms with Crippen LogP contribution >= 0.6 is 0 Å². The SMILES string of the molecule is CCCCCCOCC(O)CNC(C)CN1CCOCC1. The van der Waals surface area contributed by atoms with Crippen LogP contribution in [0.4, 0.5) is 0 Å². The Hall–Kier alpha value is -0.200. The average Bonchev–Trinajstić information content (AvgIpc) is 2.50. The molecule has 2 N–H and O–H groups in total. The molecule has 0 aromatic heterocycles. The normalized spacial score (nSPS) is 19.6. The number of nitrogens with zero attached hydrogens (tertiary/aromatic N) is 1. The van der Waals surface area contributed by atoms with Crippen LogP contribution in [0.3, 0.4) is 0 Å². The molecular formula is C16H34N2O3. The van der Waals surface area contributed by atoms with Crippen molar-refractivity contribution in [2.75, 3.05) is 52.6 Å². The van der Waals surface area contributed by atoms with Gasteiger partial charge < -0.3 is 19.9 Å². The van der Waals surface area contributed by atoms with Gasteiger partial charge in [0.15, 0.2) is 0 Å². The van der Waals surface area contributed by atoms with E-state index in [0.29, 0.717) is 19.2 Å². The van der Waals surface area contributed by atoms with Crippen LogP contribution in [0, 0.1) is 0 Å². The maximum atomic E-state index is 9.89. The Labute approximate surface area is 130 Å². The monoisotopic (exact) mass is 302 g/mol. The molecule has 0 radical (unpaired) electrons. The molecule has 0 bridgehead atoms. The maximum Gasteiger partial charge on any atom is 0.0897 e. The van der Waals surface area contributed by atoms with Gasteiger partial charge in [0.1, 0.15) is 0 Å². The van der Waals surface area contributed by atoms with Crippen molar-refractivity contribution >= 4 is 0 Å². The largest absolute Gasteiger partial charge is 0.389 e. The predicted molar refractivity (Wildman–Crippen MR) is 85.7 cm³/mol. The zero-order chi connectivity index (χ0) is 15.3. The van der Waals surface area contributed by atoms with Gasteiger partial charge >= 0.3 is 0 Å². The summed E-state index contributed by atoms with van der Waals surface area (Å²) in [4.78, 5) is 2.40. The molecule has 1 aliphatic heterocycles.